The van der Waals surface area contributed by atoms with Crippen LogP contribution in [-0.4, -0.2) is 65.2 Å². The number of ether oxygens (including phenoxy) is 1. The van der Waals surface area contributed by atoms with Crippen molar-refractivity contribution in [3.63, 3.8) is 0 Å². The number of amides is 2. The van der Waals surface area contributed by atoms with Gasteiger partial charge >= 0.3 is 6.03 Å². The molecule has 2 atom stereocenters. The molecule has 5 heteroatoms. The number of urea groups is 1. The minimum Gasteiger partial charge on any atom is -0.376 e. The summed E-state index contributed by atoms with van der Waals surface area (Å²) in [6.07, 6.45) is 3.60. The van der Waals surface area contributed by atoms with Crippen LogP contribution in [0.2, 0.25) is 0 Å². The second-order valence-corrected chi connectivity index (χ2v) is 7.12. The highest BCUT2D eigenvalue weighted by Gasteiger charge is 2.33. The molecular formula is C15H28N2O2S. The predicted molar refractivity (Wildman–Crippen MR) is 84.3 cm³/mol. The third kappa shape index (κ3) is 3.82. The molecule has 2 unspecified atom stereocenters. The fourth-order valence-electron chi connectivity index (χ4n) is 3.05. The van der Waals surface area contributed by atoms with Crippen molar-refractivity contribution in [2.24, 2.45) is 0 Å². The first-order chi connectivity index (χ1) is 9.63. The Morgan fingerprint density at radius 3 is 2.70 bits per heavy atom. The molecule has 0 aliphatic carbocycles. The summed E-state index contributed by atoms with van der Waals surface area (Å²) in [7, 11) is 0. The lowest BCUT2D eigenvalue weighted by molar-refractivity contribution is 0.0602. The fourth-order valence-corrected chi connectivity index (χ4v) is 4.27. The molecule has 2 amide bonds. The summed E-state index contributed by atoms with van der Waals surface area (Å²) in [6, 6.07) is 0.851. The minimum absolute atomic E-state index is 0.200. The molecule has 0 N–H and O–H groups in total. The van der Waals surface area contributed by atoms with Gasteiger partial charge in [0.1, 0.15) is 0 Å². The van der Waals surface area contributed by atoms with Gasteiger partial charge in [0.05, 0.1) is 6.10 Å². The zero-order chi connectivity index (χ0) is 14.5. The summed E-state index contributed by atoms with van der Waals surface area (Å²) in [5.41, 5.74) is 0. The maximum atomic E-state index is 12.9. The van der Waals surface area contributed by atoms with Crippen LogP contribution in [0.5, 0.6) is 0 Å². The van der Waals surface area contributed by atoms with Gasteiger partial charge in [-0.3, -0.25) is 0 Å². The maximum absolute atomic E-state index is 12.9. The van der Waals surface area contributed by atoms with Crippen LogP contribution in [0.15, 0.2) is 0 Å². The molecule has 116 valence electrons. The Bertz CT molecular complexity index is 313. The van der Waals surface area contributed by atoms with E-state index in [4.69, 9.17) is 4.74 Å². The first-order valence-electron chi connectivity index (χ1n) is 7.90. The highest BCUT2D eigenvalue weighted by molar-refractivity contribution is 7.99. The van der Waals surface area contributed by atoms with Gasteiger partial charge in [0, 0.05) is 37.5 Å². The van der Waals surface area contributed by atoms with E-state index >= 15 is 0 Å². The molecule has 0 spiro atoms. The molecule has 2 rings (SSSR count). The van der Waals surface area contributed by atoms with E-state index in [-0.39, 0.29) is 18.2 Å². The summed E-state index contributed by atoms with van der Waals surface area (Å²) in [6.45, 7) is 8.65. The van der Waals surface area contributed by atoms with Crippen molar-refractivity contribution in [3.8, 4) is 0 Å². The molecule has 0 saturated carbocycles. The summed E-state index contributed by atoms with van der Waals surface area (Å²) < 4.78 is 5.75. The number of hydrogen-bond acceptors (Lipinski definition) is 3. The zero-order valence-electron chi connectivity index (χ0n) is 13.0. The van der Waals surface area contributed by atoms with E-state index in [1.54, 1.807) is 0 Å². The smallest absolute Gasteiger partial charge is 0.320 e. The predicted octanol–water partition coefficient (Wildman–Crippen LogP) is 2.82. The number of nitrogens with zero attached hydrogens (tertiary/aromatic N) is 2. The standard InChI is InChI=1S/C15H28N2O2S/c1-4-16(12(2)3)15(18)17(13-7-9-20-11-13)10-14-6-5-8-19-14/h12-14H,4-11H2,1-3H3. The highest BCUT2D eigenvalue weighted by atomic mass is 32.2. The Hall–Kier alpha value is -0.420. The molecule has 2 fully saturated rings. The van der Waals surface area contributed by atoms with Crippen LogP contribution in [0.1, 0.15) is 40.0 Å². The van der Waals surface area contributed by atoms with Gasteiger partial charge in [-0.1, -0.05) is 0 Å². The van der Waals surface area contributed by atoms with Crippen LogP contribution in [-0.2, 0) is 4.74 Å². The van der Waals surface area contributed by atoms with E-state index in [2.05, 4.69) is 25.7 Å². The molecule has 2 saturated heterocycles. The van der Waals surface area contributed by atoms with E-state index in [0.29, 0.717) is 6.04 Å². The number of thioether (sulfide) groups is 1. The van der Waals surface area contributed by atoms with Crippen LogP contribution < -0.4 is 0 Å². The topological polar surface area (TPSA) is 32.8 Å². The largest absolute Gasteiger partial charge is 0.376 e. The molecule has 0 aromatic carbocycles. The second-order valence-electron chi connectivity index (χ2n) is 5.97. The zero-order valence-corrected chi connectivity index (χ0v) is 13.8. The summed E-state index contributed by atoms with van der Waals surface area (Å²) in [5.74, 6) is 2.25. The lowest BCUT2D eigenvalue weighted by atomic mass is 10.1. The summed E-state index contributed by atoms with van der Waals surface area (Å²) >= 11 is 1.96. The quantitative estimate of drug-likeness (QED) is 0.783. The number of carbonyl (C=O) groups is 1. The van der Waals surface area contributed by atoms with Crippen molar-refractivity contribution >= 4 is 17.8 Å². The molecule has 2 aliphatic rings. The fraction of sp³-hybridized carbons (Fsp3) is 0.933. The van der Waals surface area contributed by atoms with E-state index in [1.165, 1.54) is 5.75 Å². The van der Waals surface area contributed by atoms with Crippen LogP contribution >= 0.6 is 11.8 Å². The van der Waals surface area contributed by atoms with Gasteiger partial charge in [0.2, 0.25) is 0 Å². The van der Waals surface area contributed by atoms with Crippen molar-refractivity contribution in [2.45, 2.75) is 58.2 Å². The normalized spacial score (nSPS) is 26.2. The molecule has 2 aliphatic heterocycles. The molecule has 0 bridgehead atoms. The Morgan fingerprint density at radius 1 is 1.40 bits per heavy atom. The lowest BCUT2D eigenvalue weighted by Crippen LogP contribution is -2.52. The molecule has 2 heterocycles. The van der Waals surface area contributed by atoms with Crippen molar-refractivity contribution in [1.29, 1.82) is 0 Å². The van der Waals surface area contributed by atoms with Gasteiger partial charge in [-0.2, -0.15) is 11.8 Å². The van der Waals surface area contributed by atoms with Crippen molar-refractivity contribution in [2.75, 3.05) is 31.2 Å². The van der Waals surface area contributed by atoms with Gasteiger partial charge in [-0.15, -0.1) is 0 Å². The average Bonchev–Trinajstić information content (AvgIpc) is 3.09. The van der Waals surface area contributed by atoms with Gasteiger partial charge in [-0.05, 0) is 45.8 Å². The lowest BCUT2D eigenvalue weighted by Gasteiger charge is -2.37. The second kappa shape index (κ2) is 7.55. The summed E-state index contributed by atoms with van der Waals surface area (Å²) in [4.78, 5) is 16.9. The van der Waals surface area contributed by atoms with Crippen LogP contribution in [0.25, 0.3) is 0 Å². The van der Waals surface area contributed by atoms with Crippen molar-refractivity contribution in [3.05, 3.63) is 0 Å². The Morgan fingerprint density at radius 2 is 2.20 bits per heavy atom. The number of rotatable bonds is 5. The van der Waals surface area contributed by atoms with Gasteiger partial charge in [0.25, 0.3) is 0 Å². The van der Waals surface area contributed by atoms with E-state index in [1.807, 2.05) is 16.7 Å². The Kier molecular flexibility index (Phi) is 6.02. The molecule has 0 aromatic rings. The van der Waals surface area contributed by atoms with Crippen LogP contribution in [0, 0.1) is 0 Å². The highest BCUT2D eigenvalue weighted by Crippen LogP contribution is 2.25. The average molecular weight is 300 g/mol. The minimum atomic E-state index is 0.200. The molecule has 0 aromatic heterocycles. The van der Waals surface area contributed by atoms with E-state index in [9.17, 15) is 4.79 Å². The van der Waals surface area contributed by atoms with Crippen molar-refractivity contribution < 1.29 is 9.53 Å². The Labute approximate surface area is 127 Å². The maximum Gasteiger partial charge on any atom is 0.320 e. The molecular weight excluding hydrogens is 272 g/mol. The van der Waals surface area contributed by atoms with E-state index < -0.39 is 0 Å². The number of hydrogen-bond donors (Lipinski definition) is 0. The molecule has 0 radical (unpaired) electrons. The SMILES string of the molecule is CCN(C(=O)N(CC1CCCO1)C1CCSC1)C(C)C. The van der Waals surface area contributed by atoms with Crippen LogP contribution in [0.3, 0.4) is 0 Å². The van der Waals surface area contributed by atoms with Gasteiger partial charge < -0.3 is 14.5 Å². The van der Waals surface area contributed by atoms with E-state index in [0.717, 1.165) is 44.7 Å². The molecule has 20 heavy (non-hydrogen) atoms. The Balaban J connectivity index is 2.05. The number of carbonyl (C=O) groups excluding carboxylic acids is 1. The third-order valence-electron chi connectivity index (χ3n) is 4.23. The summed E-state index contributed by atoms with van der Waals surface area (Å²) in [5, 5.41) is 0. The van der Waals surface area contributed by atoms with Gasteiger partial charge in [0.15, 0.2) is 0 Å². The molecule has 4 nitrogen and oxygen atoms in total. The third-order valence-corrected chi connectivity index (χ3v) is 5.37. The monoisotopic (exact) mass is 300 g/mol. The first-order valence-corrected chi connectivity index (χ1v) is 9.05. The van der Waals surface area contributed by atoms with Crippen LogP contribution in [0.4, 0.5) is 4.79 Å². The van der Waals surface area contributed by atoms with Gasteiger partial charge in [-0.25, -0.2) is 4.79 Å². The van der Waals surface area contributed by atoms with Crippen molar-refractivity contribution in [1.82, 2.24) is 9.80 Å². The first kappa shape index (κ1) is 16.0.